The van der Waals surface area contributed by atoms with Gasteiger partial charge in [0.2, 0.25) is 17.6 Å². The quantitative estimate of drug-likeness (QED) is 0.378. The molecule has 2 N–H and O–H groups in total. The third-order valence-corrected chi connectivity index (χ3v) is 5.87. The minimum Gasteiger partial charge on any atom is -0.480 e. The second kappa shape index (κ2) is 9.27. The third-order valence-electron chi connectivity index (χ3n) is 4.46. The van der Waals surface area contributed by atoms with Gasteiger partial charge in [0.05, 0.1) is 28.2 Å². The number of ether oxygens (including phenoxy) is 2. The number of benzene rings is 1. The van der Waals surface area contributed by atoms with E-state index in [1.165, 1.54) is 37.2 Å². The van der Waals surface area contributed by atoms with Gasteiger partial charge in [-0.25, -0.2) is 22.7 Å². The second-order valence-corrected chi connectivity index (χ2v) is 8.19. The predicted octanol–water partition coefficient (Wildman–Crippen LogP) is 4.03. The summed E-state index contributed by atoms with van der Waals surface area (Å²) in [5.41, 5.74) is 1.09. The number of hydrogen-bond donors (Lipinski definition) is 2. The van der Waals surface area contributed by atoms with E-state index in [1.807, 2.05) is 0 Å². The highest BCUT2D eigenvalue weighted by atomic mass is 35.5. The molecule has 0 saturated carbocycles. The van der Waals surface area contributed by atoms with Crippen LogP contribution in [0.4, 0.5) is 19.1 Å². The fraction of sp³-hybridized carbons (Fsp3) is 0.211. The van der Waals surface area contributed by atoms with Gasteiger partial charge >= 0.3 is 0 Å². The van der Waals surface area contributed by atoms with Gasteiger partial charge in [0.25, 0.3) is 12.3 Å². The summed E-state index contributed by atoms with van der Waals surface area (Å²) in [6.45, 7) is 0.669. The summed E-state index contributed by atoms with van der Waals surface area (Å²) in [6.07, 6.45) is 0.224. The summed E-state index contributed by atoms with van der Waals surface area (Å²) in [6, 6.07) is 4.41. The van der Waals surface area contributed by atoms with Crippen LogP contribution in [0, 0.1) is 12.9 Å². The lowest BCUT2D eigenvalue weighted by Gasteiger charge is -2.13. The maximum absolute atomic E-state index is 13.4. The molecular formula is C19H16ClF3N6O3S. The number of aromatic amines is 1. The van der Waals surface area contributed by atoms with Crippen molar-refractivity contribution in [1.82, 2.24) is 24.7 Å². The van der Waals surface area contributed by atoms with Crippen LogP contribution in [0.25, 0.3) is 16.6 Å². The first-order chi connectivity index (χ1) is 15.8. The Morgan fingerprint density at radius 3 is 2.76 bits per heavy atom. The number of H-pyrrole nitrogens is 1. The van der Waals surface area contributed by atoms with E-state index in [0.717, 1.165) is 0 Å². The van der Waals surface area contributed by atoms with E-state index in [9.17, 15) is 17.4 Å². The van der Waals surface area contributed by atoms with Crippen molar-refractivity contribution in [2.24, 2.45) is 0 Å². The van der Waals surface area contributed by atoms with Gasteiger partial charge in [-0.05, 0) is 19.1 Å². The number of hydrogen-bond acceptors (Lipinski definition) is 6. The van der Waals surface area contributed by atoms with Crippen molar-refractivity contribution in [3.05, 3.63) is 47.3 Å². The Bertz CT molecular complexity index is 1350. The Balaban J connectivity index is 1.66. The fourth-order valence-corrected chi connectivity index (χ4v) is 4.25. The van der Waals surface area contributed by atoms with Gasteiger partial charge in [0, 0.05) is 23.8 Å². The number of anilines is 1. The topological polar surface area (TPSA) is 107 Å². The zero-order valence-electron chi connectivity index (χ0n) is 17.1. The molecule has 0 radical (unpaired) electrons. The van der Waals surface area contributed by atoms with Gasteiger partial charge in [0.15, 0.2) is 11.0 Å². The molecule has 0 amide bonds. The molecule has 0 aliphatic rings. The number of aromatic nitrogens is 5. The maximum atomic E-state index is 13.4. The van der Waals surface area contributed by atoms with E-state index in [2.05, 4.69) is 24.8 Å². The van der Waals surface area contributed by atoms with Crippen LogP contribution in [0.15, 0.2) is 35.5 Å². The molecule has 0 bridgehead atoms. The molecule has 0 spiro atoms. The van der Waals surface area contributed by atoms with E-state index in [-0.39, 0.29) is 23.3 Å². The SMILES string of the molecule is COc1nc(NS(=O)c2c[nH]c3c(-n4ccc(F)n4)c(Cl)ccc23)nc(C)c1OCC(F)F. The minimum atomic E-state index is -2.68. The molecule has 1 atom stereocenters. The molecule has 3 aromatic heterocycles. The van der Waals surface area contributed by atoms with Crippen LogP contribution in [0.5, 0.6) is 11.6 Å². The third kappa shape index (κ3) is 4.59. The first-order valence-electron chi connectivity index (χ1n) is 9.31. The number of alkyl halides is 2. The van der Waals surface area contributed by atoms with Crippen LogP contribution < -0.4 is 14.2 Å². The van der Waals surface area contributed by atoms with Crippen molar-refractivity contribution in [3.63, 3.8) is 0 Å². The zero-order valence-corrected chi connectivity index (χ0v) is 18.7. The normalized spacial score (nSPS) is 12.3. The van der Waals surface area contributed by atoms with Crippen LogP contribution >= 0.6 is 11.6 Å². The van der Waals surface area contributed by atoms with Crippen LogP contribution in [-0.2, 0) is 11.0 Å². The largest absolute Gasteiger partial charge is 0.480 e. The number of halogens is 4. The molecule has 1 aromatic carbocycles. The monoisotopic (exact) mass is 500 g/mol. The molecule has 14 heteroatoms. The summed E-state index contributed by atoms with van der Waals surface area (Å²) in [5.74, 6) is -0.865. The molecule has 4 aromatic rings. The Hall–Kier alpha value is -3.32. The number of fused-ring (bicyclic) bond motifs is 1. The second-order valence-electron chi connectivity index (χ2n) is 6.60. The van der Waals surface area contributed by atoms with E-state index in [0.29, 0.717) is 26.5 Å². The highest BCUT2D eigenvalue weighted by Crippen LogP contribution is 2.33. The summed E-state index contributed by atoms with van der Waals surface area (Å²) in [7, 11) is -0.557. The van der Waals surface area contributed by atoms with Gasteiger partial charge in [0.1, 0.15) is 12.3 Å². The molecule has 33 heavy (non-hydrogen) atoms. The average Bonchev–Trinajstić information content (AvgIpc) is 3.38. The van der Waals surface area contributed by atoms with Crippen LogP contribution in [-0.4, -0.2) is 49.1 Å². The van der Waals surface area contributed by atoms with Crippen LogP contribution in [0.1, 0.15) is 5.69 Å². The van der Waals surface area contributed by atoms with Gasteiger partial charge < -0.3 is 14.5 Å². The van der Waals surface area contributed by atoms with Gasteiger partial charge in [-0.15, -0.1) is 5.10 Å². The number of nitrogens with one attached hydrogen (secondary N) is 2. The Morgan fingerprint density at radius 2 is 2.09 bits per heavy atom. The standard InChI is InChI=1S/C19H16ClF3N6O3S/c1-9-17(32-8-13(21)22)18(31-2)26-19(25-9)28-33(30)12-7-24-15-10(12)3-4-11(20)16(15)29-6-5-14(23)27-29/h3-7,13,24H,8H2,1-2H3,(H,25,26,28). The van der Waals surface area contributed by atoms with Crippen molar-refractivity contribution < 1.29 is 26.9 Å². The fourth-order valence-electron chi connectivity index (χ4n) is 3.11. The highest BCUT2D eigenvalue weighted by Gasteiger charge is 2.20. The molecule has 0 saturated heterocycles. The number of aryl methyl sites for hydroxylation is 1. The minimum absolute atomic E-state index is 0.0352. The number of methoxy groups -OCH3 is 1. The lowest BCUT2D eigenvalue weighted by Crippen LogP contribution is -2.13. The zero-order chi connectivity index (χ0) is 23.7. The Labute approximate surface area is 192 Å². The molecule has 0 aliphatic carbocycles. The van der Waals surface area contributed by atoms with Crippen molar-refractivity contribution >= 4 is 39.4 Å². The number of nitrogens with zero attached hydrogens (tertiary/aromatic N) is 4. The number of rotatable bonds is 8. The summed E-state index contributed by atoms with van der Waals surface area (Å²) >= 11 is 6.29. The van der Waals surface area contributed by atoms with Crippen molar-refractivity contribution in [1.29, 1.82) is 0 Å². The van der Waals surface area contributed by atoms with Crippen molar-refractivity contribution in [3.8, 4) is 17.3 Å². The molecule has 0 aliphatic heterocycles. The van der Waals surface area contributed by atoms with E-state index in [4.69, 9.17) is 21.1 Å². The predicted molar refractivity (Wildman–Crippen MR) is 115 cm³/mol. The highest BCUT2D eigenvalue weighted by molar-refractivity contribution is 7.86. The Morgan fingerprint density at radius 1 is 1.30 bits per heavy atom. The van der Waals surface area contributed by atoms with Gasteiger partial charge in [-0.3, -0.25) is 4.72 Å². The van der Waals surface area contributed by atoms with Crippen LogP contribution in [0.2, 0.25) is 5.02 Å². The molecule has 4 rings (SSSR count). The van der Waals surface area contributed by atoms with E-state index < -0.39 is 30.0 Å². The first kappa shape index (κ1) is 22.9. The maximum Gasteiger partial charge on any atom is 0.272 e. The lowest BCUT2D eigenvalue weighted by atomic mass is 10.2. The molecule has 9 nitrogen and oxygen atoms in total. The molecular weight excluding hydrogens is 485 g/mol. The van der Waals surface area contributed by atoms with Crippen molar-refractivity contribution in [2.45, 2.75) is 18.2 Å². The summed E-state index contributed by atoms with van der Waals surface area (Å²) < 4.78 is 65.5. The molecule has 1 unspecified atom stereocenters. The Kier molecular flexibility index (Phi) is 6.42. The molecule has 3 heterocycles. The van der Waals surface area contributed by atoms with E-state index >= 15 is 0 Å². The molecule has 0 fully saturated rings. The molecule has 174 valence electrons. The first-order valence-corrected chi connectivity index (χ1v) is 10.8. The summed E-state index contributed by atoms with van der Waals surface area (Å²) in [5, 5.41) is 4.58. The van der Waals surface area contributed by atoms with Gasteiger partial charge in [-0.1, -0.05) is 11.6 Å². The van der Waals surface area contributed by atoms with Gasteiger partial charge in [-0.2, -0.15) is 9.37 Å². The lowest BCUT2D eigenvalue weighted by molar-refractivity contribution is 0.0795. The van der Waals surface area contributed by atoms with Crippen LogP contribution in [0.3, 0.4) is 0 Å². The van der Waals surface area contributed by atoms with E-state index in [1.54, 1.807) is 12.1 Å². The van der Waals surface area contributed by atoms with Crippen molar-refractivity contribution in [2.75, 3.05) is 18.4 Å². The summed E-state index contributed by atoms with van der Waals surface area (Å²) in [4.78, 5) is 11.5. The average molecular weight is 501 g/mol. The smallest absolute Gasteiger partial charge is 0.272 e.